The summed E-state index contributed by atoms with van der Waals surface area (Å²) in [6, 6.07) is 23.5. The fourth-order valence-corrected chi connectivity index (χ4v) is 6.31. The van der Waals surface area contributed by atoms with Crippen molar-refractivity contribution in [1.29, 1.82) is 0 Å². The summed E-state index contributed by atoms with van der Waals surface area (Å²) < 4.78 is 15.1. The Bertz CT molecular complexity index is 1570. The number of fused-ring (bicyclic) bond motifs is 1. The Morgan fingerprint density at radius 2 is 1.67 bits per heavy atom. The van der Waals surface area contributed by atoms with Gasteiger partial charge < -0.3 is 29.8 Å². The van der Waals surface area contributed by atoms with Crippen LogP contribution in [0.3, 0.4) is 0 Å². The van der Waals surface area contributed by atoms with Gasteiger partial charge in [0, 0.05) is 49.8 Å². The zero-order chi connectivity index (χ0) is 29.2. The molecule has 220 valence electrons. The maximum absolute atomic E-state index is 12.8. The van der Waals surface area contributed by atoms with Gasteiger partial charge in [-0.2, -0.15) is 0 Å². The first-order valence-electron chi connectivity index (χ1n) is 14.7. The van der Waals surface area contributed by atoms with Crippen LogP contribution in [-0.2, 0) is 20.9 Å². The molecule has 0 radical (unpaired) electrons. The van der Waals surface area contributed by atoms with Gasteiger partial charge in [-0.3, -0.25) is 9.36 Å². The summed E-state index contributed by atoms with van der Waals surface area (Å²) in [6.45, 7) is 6.15. The van der Waals surface area contributed by atoms with Crippen molar-refractivity contribution in [2.75, 3.05) is 25.0 Å². The molecule has 3 N–H and O–H groups in total. The van der Waals surface area contributed by atoms with Crippen LogP contribution in [0.4, 0.5) is 5.69 Å². The van der Waals surface area contributed by atoms with Crippen molar-refractivity contribution in [3.8, 4) is 0 Å². The van der Waals surface area contributed by atoms with Gasteiger partial charge in [-0.1, -0.05) is 55.5 Å². The van der Waals surface area contributed by atoms with Crippen molar-refractivity contribution >= 4 is 22.6 Å². The van der Waals surface area contributed by atoms with E-state index in [0.717, 1.165) is 65.9 Å². The molecule has 0 unspecified atom stereocenters. The predicted molar refractivity (Wildman–Crippen MR) is 161 cm³/mol. The lowest BCUT2D eigenvalue weighted by molar-refractivity contribution is -0.276. The van der Waals surface area contributed by atoms with Gasteiger partial charge >= 0.3 is 5.69 Å². The first-order valence-corrected chi connectivity index (χ1v) is 14.7. The van der Waals surface area contributed by atoms with Gasteiger partial charge in [0.2, 0.25) is 5.91 Å². The molecule has 0 spiro atoms. The molecule has 1 aromatic heterocycles. The number of hydrogen-bond donors (Lipinski definition) is 3. The van der Waals surface area contributed by atoms with E-state index in [4.69, 9.17) is 9.47 Å². The van der Waals surface area contributed by atoms with E-state index in [0.29, 0.717) is 0 Å². The molecule has 0 aliphatic carbocycles. The minimum absolute atomic E-state index is 0.00298. The number of aliphatic hydroxyl groups excluding tert-OH is 1. The highest BCUT2D eigenvalue weighted by atomic mass is 16.7. The Morgan fingerprint density at radius 1 is 0.976 bits per heavy atom. The molecule has 4 aromatic rings. The Kier molecular flexibility index (Phi) is 8.26. The Balaban J connectivity index is 1.19. The standard InChI is InChI=1S/C33H38N4O5/c1-21-30(19-36-17-15-27(16-18-36)37-29-6-4-3-5-28(29)35-33(37)40)41-32(25-11-13-26(14-12-25)34-22(2)39)42-31(21)24-9-7-23(20-38)8-10-24/h3-14,21,27,30-32,38H,15-20H2,1-2H3,(H,34,39)(H,35,40)/t21-,30+,31+,32+/m0/s1. The minimum Gasteiger partial charge on any atom is -0.392 e. The van der Waals surface area contributed by atoms with Crippen molar-refractivity contribution in [2.24, 2.45) is 5.92 Å². The molecular formula is C33H38N4O5. The average molecular weight is 571 g/mol. The first kappa shape index (κ1) is 28.4. The van der Waals surface area contributed by atoms with E-state index in [1.165, 1.54) is 6.92 Å². The summed E-state index contributed by atoms with van der Waals surface area (Å²) >= 11 is 0. The quantitative estimate of drug-likeness (QED) is 0.291. The minimum atomic E-state index is -0.567. The van der Waals surface area contributed by atoms with Gasteiger partial charge in [-0.25, -0.2) is 4.79 Å². The molecule has 0 saturated carbocycles. The number of piperidine rings is 1. The summed E-state index contributed by atoms with van der Waals surface area (Å²) in [7, 11) is 0. The van der Waals surface area contributed by atoms with Crippen LogP contribution < -0.4 is 11.0 Å². The number of imidazole rings is 1. The Morgan fingerprint density at radius 3 is 2.36 bits per heavy atom. The van der Waals surface area contributed by atoms with Crippen LogP contribution in [0.1, 0.15) is 61.8 Å². The lowest BCUT2D eigenvalue weighted by Crippen LogP contribution is -2.47. The molecule has 1 amide bonds. The summed E-state index contributed by atoms with van der Waals surface area (Å²) in [5.41, 5.74) is 5.31. The van der Waals surface area contributed by atoms with Crippen LogP contribution in [0.25, 0.3) is 11.0 Å². The highest BCUT2D eigenvalue weighted by molar-refractivity contribution is 5.88. The van der Waals surface area contributed by atoms with Crippen molar-refractivity contribution in [3.63, 3.8) is 0 Å². The van der Waals surface area contributed by atoms with E-state index in [9.17, 15) is 14.7 Å². The van der Waals surface area contributed by atoms with E-state index >= 15 is 0 Å². The maximum atomic E-state index is 12.8. The summed E-state index contributed by atoms with van der Waals surface area (Å²) in [5.74, 6) is -0.0413. The molecule has 2 aliphatic rings. The van der Waals surface area contributed by atoms with Gasteiger partial charge in [0.25, 0.3) is 0 Å². The number of benzene rings is 3. The fraction of sp³-hybridized carbons (Fsp3) is 0.394. The van der Waals surface area contributed by atoms with Crippen LogP contribution in [0.5, 0.6) is 0 Å². The van der Waals surface area contributed by atoms with Gasteiger partial charge in [-0.05, 0) is 48.2 Å². The molecule has 4 atom stereocenters. The van der Waals surface area contributed by atoms with Crippen LogP contribution in [0.15, 0.2) is 77.6 Å². The smallest absolute Gasteiger partial charge is 0.326 e. The number of nitrogens with zero attached hydrogens (tertiary/aromatic N) is 2. The largest absolute Gasteiger partial charge is 0.392 e. The summed E-state index contributed by atoms with van der Waals surface area (Å²) in [4.78, 5) is 29.7. The average Bonchev–Trinajstić information content (AvgIpc) is 3.34. The molecule has 2 fully saturated rings. The Hall–Kier alpha value is -3.76. The summed E-state index contributed by atoms with van der Waals surface area (Å²) in [6.07, 6.45) is 0.925. The van der Waals surface area contributed by atoms with Crippen molar-refractivity contribution in [3.05, 3.63) is 100.0 Å². The van der Waals surface area contributed by atoms with Gasteiger partial charge in [0.1, 0.15) is 0 Å². The Labute approximate surface area is 245 Å². The molecule has 0 bridgehead atoms. The second-order valence-electron chi connectivity index (χ2n) is 11.5. The lowest BCUT2D eigenvalue weighted by atomic mass is 9.89. The number of aromatic amines is 1. The highest BCUT2D eigenvalue weighted by Crippen LogP contribution is 2.42. The number of likely N-dealkylation sites (tertiary alicyclic amines) is 1. The third-order valence-electron chi connectivity index (χ3n) is 8.61. The first-order chi connectivity index (χ1) is 20.4. The monoisotopic (exact) mass is 570 g/mol. The normalized spacial score (nSPS) is 23.7. The van der Waals surface area contributed by atoms with Crippen LogP contribution in [0, 0.1) is 5.92 Å². The van der Waals surface area contributed by atoms with Crippen LogP contribution in [-0.4, -0.2) is 51.2 Å². The lowest BCUT2D eigenvalue weighted by Gasteiger charge is -2.44. The number of aliphatic hydroxyl groups is 1. The molecule has 2 aliphatic heterocycles. The van der Waals surface area contributed by atoms with E-state index in [-0.39, 0.29) is 42.4 Å². The third kappa shape index (κ3) is 5.91. The SMILES string of the molecule is CC(=O)Nc1ccc([C@@H]2O[C@H](CN3CCC(n4c(=O)[nH]c5ccccc54)CC3)[C@H](C)[C@H](c3ccc(CO)cc3)O2)cc1. The summed E-state index contributed by atoms with van der Waals surface area (Å²) in [5, 5.41) is 12.3. The van der Waals surface area contributed by atoms with Gasteiger partial charge in [0.15, 0.2) is 6.29 Å². The molecule has 9 heteroatoms. The predicted octanol–water partition coefficient (Wildman–Crippen LogP) is 4.91. The number of carbonyl (C=O) groups is 1. The second kappa shape index (κ2) is 12.2. The van der Waals surface area contributed by atoms with Gasteiger partial charge in [0.05, 0.1) is 29.8 Å². The molecule has 42 heavy (non-hydrogen) atoms. The van der Waals surface area contributed by atoms with Crippen molar-refractivity contribution < 1.29 is 19.4 Å². The molecule has 3 aromatic carbocycles. The highest BCUT2D eigenvalue weighted by Gasteiger charge is 2.39. The number of anilines is 1. The molecule has 6 rings (SSSR count). The number of para-hydroxylation sites is 2. The zero-order valence-electron chi connectivity index (χ0n) is 24.0. The number of carbonyl (C=O) groups excluding carboxylic acids is 1. The van der Waals surface area contributed by atoms with Crippen molar-refractivity contribution in [1.82, 2.24) is 14.5 Å². The molecule has 3 heterocycles. The van der Waals surface area contributed by atoms with Gasteiger partial charge in [-0.15, -0.1) is 0 Å². The van der Waals surface area contributed by atoms with E-state index in [1.807, 2.05) is 77.4 Å². The molecule has 9 nitrogen and oxygen atoms in total. The maximum Gasteiger partial charge on any atom is 0.326 e. The number of aromatic nitrogens is 2. The second-order valence-corrected chi connectivity index (χ2v) is 11.5. The number of H-pyrrole nitrogens is 1. The van der Waals surface area contributed by atoms with E-state index in [2.05, 4.69) is 22.1 Å². The molecule has 2 saturated heterocycles. The van der Waals surface area contributed by atoms with E-state index < -0.39 is 6.29 Å². The van der Waals surface area contributed by atoms with E-state index in [1.54, 1.807) is 0 Å². The van der Waals surface area contributed by atoms with Crippen molar-refractivity contribution in [2.45, 2.75) is 57.8 Å². The topological polar surface area (TPSA) is 109 Å². The van der Waals surface area contributed by atoms with Crippen LogP contribution >= 0.6 is 0 Å². The number of hydrogen-bond acceptors (Lipinski definition) is 6. The molecular weight excluding hydrogens is 532 g/mol. The number of amides is 1. The number of ether oxygens (including phenoxy) is 2. The third-order valence-corrected chi connectivity index (χ3v) is 8.61. The zero-order valence-corrected chi connectivity index (χ0v) is 24.0. The number of rotatable bonds is 7. The fourth-order valence-electron chi connectivity index (χ4n) is 6.31. The van der Waals surface area contributed by atoms with Crippen LogP contribution in [0.2, 0.25) is 0 Å². The number of nitrogens with one attached hydrogen (secondary N) is 2.